The minimum atomic E-state index is -0.547. The molecule has 19 heavy (non-hydrogen) atoms. The number of thiazole rings is 1. The fraction of sp³-hybridized carbons (Fsp3) is 0.231. The van der Waals surface area contributed by atoms with E-state index < -0.39 is 11.7 Å². The number of hydrogen-bond donors (Lipinski definition) is 1. The Bertz CT molecular complexity index is 614. The third-order valence-electron chi connectivity index (χ3n) is 2.53. The molecule has 0 radical (unpaired) electrons. The van der Waals surface area contributed by atoms with E-state index in [2.05, 4.69) is 26.2 Å². The van der Waals surface area contributed by atoms with E-state index in [-0.39, 0.29) is 11.6 Å². The average molecular weight is 343 g/mol. The second kappa shape index (κ2) is 5.79. The molecule has 0 aliphatic rings. The first-order valence-corrected chi connectivity index (χ1v) is 7.32. The van der Waals surface area contributed by atoms with E-state index in [1.165, 1.54) is 23.5 Å². The maximum absolute atomic E-state index is 13.7. The summed E-state index contributed by atoms with van der Waals surface area (Å²) in [5.41, 5.74) is 0.944. The van der Waals surface area contributed by atoms with Crippen LogP contribution in [-0.4, -0.2) is 10.9 Å². The van der Waals surface area contributed by atoms with Crippen LogP contribution in [0.5, 0.6) is 0 Å². The molecule has 1 N–H and O–H groups in total. The average Bonchev–Trinajstić information content (AvgIpc) is 2.75. The number of aromatic nitrogens is 1. The van der Waals surface area contributed by atoms with Gasteiger partial charge in [-0.1, -0.05) is 15.9 Å². The van der Waals surface area contributed by atoms with Crippen LogP contribution in [0.1, 0.15) is 34.0 Å². The summed E-state index contributed by atoms with van der Waals surface area (Å²) >= 11 is 4.63. The highest BCUT2D eigenvalue weighted by atomic mass is 79.9. The molecule has 6 heteroatoms. The molecule has 3 nitrogen and oxygen atoms in total. The largest absolute Gasteiger partial charge is 0.343 e. The molecule has 0 aliphatic heterocycles. The number of amides is 1. The van der Waals surface area contributed by atoms with Gasteiger partial charge in [0.2, 0.25) is 0 Å². The Labute approximate surface area is 123 Å². The van der Waals surface area contributed by atoms with Crippen molar-refractivity contribution in [2.45, 2.75) is 19.9 Å². The van der Waals surface area contributed by atoms with Crippen molar-refractivity contribution in [2.75, 3.05) is 0 Å². The lowest BCUT2D eigenvalue weighted by Gasteiger charge is -2.11. The molecule has 0 aliphatic carbocycles. The molecular weight excluding hydrogens is 331 g/mol. The summed E-state index contributed by atoms with van der Waals surface area (Å²) in [6.07, 6.45) is 0. The highest BCUT2D eigenvalue weighted by molar-refractivity contribution is 9.10. The smallest absolute Gasteiger partial charge is 0.254 e. The van der Waals surface area contributed by atoms with Crippen molar-refractivity contribution < 1.29 is 9.18 Å². The molecule has 1 heterocycles. The van der Waals surface area contributed by atoms with Crippen molar-refractivity contribution in [2.24, 2.45) is 0 Å². The third kappa shape index (κ3) is 3.39. The van der Waals surface area contributed by atoms with E-state index in [0.717, 1.165) is 10.7 Å². The van der Waals surface area contributed by atoms with Gasteiger partial charge in [-0.2, -0.15) is 0 Å². The fourth-order valence-electron chi connectivity index (χ4n) is 1.58. The van der Waals surface area contributed by atoms with Crippen LogP contribution in [-0.2, 0) is 0 Å². The summed E-state index contributed by atoms with van der Waals surface area (Å²) in [6.45, 7) is 3.72. The molecule has 0 fully saturated rings. The van der Waals surface area contributed by atoms with Gasteiger partial charge < -0.3 is 5.32 Å². The fourth-order valence-corrected chi connectivity index (χ4v) is 2.72. The van der Waals surface area contributed by atoms with Crippen LogP contribution in [0, 0.1) is 12.7 Å². The zero-order valence-electron chi connectivity index (χ0n) is 10.4. The molecule has 1 aromatic heterocycles. The van der Waals surface area contributed by atoms with E-state index in [9.17, 15) is 9.18 Å². The number of nitrogens with one attached hydrogen (secondary N) is 1. The van der Waals surface area contributed by atoms with E-state index in [4.69, 9.17) is 0 Å². The van der Waals surface area contributed by atoms with Gasteiger partial charge in [0.05, 0.1) is 11.6 Å². The Morgan fingerprint density at radius 3 is 2.84 bits per heavy atom. The van der Waals surface area contributed by atoms with Crippen molar-refractivity contribution in [3.05, 3.63) is 50.1 Å². The molecule has 1 aromatic carbocycles. The van der Waals surface area contributed by atoms with Gasteiger partial charge in [0.1, 0.15) is 10.8 Å². The number of nitrogens with zero attached hydrogens (tertiary/aromatic N) is 1. The summed E-state index contributed by atoms with van der Waals surface area (Å²) in [5, 5.41) is 5.46. The Hall–Kier alpha value is -1.27. The maximum Gasteiger partial charge on any atom is 0.254 e. The molecule has 1 amide bonds. The quantitative estimate of drug-likeness (QED) is 0.920. The maximum atomic E-state index is 13.7. The van der Waals surface area contributed by atoms with Gasteiger partial charge in [0, 0.05) is 15.5 Å². The third-order valence-corrected chi connectivity index (χ3v) is 4.17. The van der Waals surface area contributed by atoms with Crippen LogP contribution in [0.2, 0.25) is 0 Å². The Balaban J connectivity index is 2.12. The lowest BCUT2D eigenvalue weighted by atomic mass is 10.2. The van der Waals surface area contributed by atoms with Crippen molar-refractivity contribution in [1.29, 1.82) is 0 Å². The molecular formula is C13H12BrFN2OS. The first-order chi connectivity index (χ1) is 8.97. The molecule has 100 valence electrons. The van der Waals surface area contributed by atoms with Crippen LogP contribution in [0.15, 0.2) is 28.1 Å². The summed E-state index contributed by atoms with van der Waals surface area (Å²) < 4.78 is 14.3. The summed E-state index contributed by atoms with van der Waals surface area (Å²) in [6, 6.07) is 4.12. The number of carbonyl (C=O) groups is 1. The summed E-state index contributed by atoms with van der Waals surface area (Å²) in [7, 11) is 0. The van der Waals surface area contributed by atoms with Crippen molar-refractivity contribution in [3.63, 3.8) is 0 Å². The van der Waals surface area contributed by atoms with Gasteiger partial charge in [-0.05, 0) is 32.0 Å². The molecule has 2 aromatic rings. The highest BCUT2D eigenvalue weighted by Crippen LogP contribution is 2.19. The van der Waals surface area contributed by atoms with Gasteiger partial charge in [-0.3, -0.25) is 4.79 Å². The van der Waals surface area contributed by atoms with Crippen molar-refractivity contribution in [1.82, 2.24) is 10.3 Å². The number of carbonyl (C=O) groups excluding carboxylic acids is 1. The van der Waals surface area contributed by atoms with Crippen LogP contribution in [0.3, 0.4) is 0 Å². The monoisotopic (exact) mass is 342 g/mol. The Morgan fingerprint density at radius 1 is 1.53 bits per heavy atom. The number of aryl methyl sites for hydroxylation is 1. The molecule has 0 saturated heterocycles. The SMILES string of the molecule is Cc1csc(C(C)NC(=O)c2ccc(Br)cc2F)n1. The summed E-state index contributed by atoms with van der Waals surface area (Å²) in [5.74, 6) is -0.986. The van der Waals surface area contributed by atoms with E-state index >= 15 is 0 Å². The molecule has 1 unspecified atom stereocenters. The van der Waals surface area contributed by atoms with E-state index in [1.807, 2.05) is 19.2 Å². The second-order valence-corrected chi connectivity index (χ2v) is 5.95. The van der Waals surface area contributed by atoms with Gasteiger partial charge in [-0.25, -0.2) is 9.37 Å². The summed E-state index contributed by atoms with van der Waals surface area (Å²) in [4.78, 5) is 16.3. The predicted molar refractivity (Wildman–Crippen MR) is 76.8 cm³/mol. The van der Waals surface area contributed by atoms with E-state index in [0.29, 0.717) is 4.47 Å². The molecule has 0 spiro atoms. The lowest BCUT2D eigenvalue weighted by molar-refractivity contribution is 0.0935. The minimum absolute atomic E-state index is 0.0309. The first-order valence-electron chi connectivity index (χ1n) is 5.65. The standard InChI is InChI=1S/C13H12BrFN2OS/c1-7-6-19-13(16-7)8(2)17-12(18)10-4-3-9(14)5-11(10)15/h3-6,8H,1-2H3,(H,17,18). The van der Waals surface area contributed by atoms with Gasteiger partial charge in [0.15, 0.2) is 0 Å². The van der Waals surface area contributed by atoms with Gasteiger partial charge in [-0.15, -0.1) is 11.3 Å². The minimum Gasteiger partial charge on any atom is -0.343 e. The zero-order valence-corrected chi connectivity index (χ0v) is 12.8. The zero-order chi connectivity index (χ0) is 14.0. The normalized spacial score (nSPS) is 12.2. The number of hydrogen-bond acceptors (Lipinski definition) is 3. The molecule has 1 atom stereocenters. The van der Waals surface area contributed by atoms with Crippen LogP contribution >= 0.6 is 27.3 Å². The van der Waals surface area contributed by atoms with Crippen molar-refractivity contribution >= 4 is 33.2 Å². The molecule has 0 saturated carbocycles. The number of halogens is 2. The van der Waals surface area contributed by atoms with Crippen LogP contribution in [0.25, 0.3) is 0 Å². The lowest BCUT2D eigenvalue weighted by Crippen LogP contribution is -2.27. The number of benzene rings is 1. The van der Waals surface area contributed by atoms with Gasteiger partial charge >= 0.3 is 0 Å². The first kappa shape index (κ1) is 14.1. The van der Waals surface area contributed by atoms with Crippen molar-refractivity contribution in [3.8, 4) is 0 Å². The van der Waals surface area contributed by atoms with Crippen LogP contribution < -0.4 is 5.32 Å². The van der Waals surface area contributed by atoms with Gasteiger partial charge in [0.25, 0.3) is 5.91 Å². The number of rotatable bonds is 3. The highest BCUT2D eigenvalue weighted by Gasteiger charge is 2.16. The van der Waals surface area contributed by atoms with E-state index in [1.54, 1.807) is 6.07 Å². The topological polar surface area (TPSA) is 42.0 Å². The predicted octanol–water partition coefficient (Wildman–Crippen LogP) is 3.84. The second-order valence-electron chi connectivity index (χ2n) is 4.15. The Kier molecular flexibility index (Phi) is 4.31. The molecule has 0 bridgehead atoms. The molecule has 2 rings (SSSR count). The Morgan fingerprint density at radius 2 is 2.26 bits per heavy atom. The van der Waals surface area contributed by atoms with Crippen LogP contribution in [0.4, 0.5) is 4.39 Å².